The van der Waals surface area contributed by atoms with Crippen LogP contribution < -0.4 is 10.2 Å². The minimum Gasteiger partial charge on any atom is -0.460 e. The first-order valence-electron chi connectivity index (χ1n) is 15.6. The Kier molecular flexibility index (Phi) is 10.3. The number of fused-ring (bicyclic) bond motifs is 1. The molecule has 244 valence electrons. The van der Waals surface area contributed by atoms with Crippen molar-refractivity contribution in [2.24, 2.45) is 11.8 Å². The van der Waals surface area contributed by atoms with Gasteiger partial charge in [-0.15, -0.1) is 13.2 Å². The molecular weight excluding hydrogens is 610 g/mol. The number of nitrogens with zero attached hydrogens (tertiary/aromatic N) is 2. The van der Waals surface area contributed by atoms with Crippen molar-refractivity contribution in [3.05, 3.63) is 90.5 Å². The predicted molar refractivity (Wildman–Crippen MR) is 173 cm³/mol. The predicted octanol–water partition coefficient (Wildman–Crippen LogP) is 3.98. The molecule has 46 heavy (non-hydrogen) atoms. The molecule has 3 amide bonds. The summed E-state index contributed by atoms with van der Waals surface area (Å²) in [6, 6.07) is 13.7. The average Bonchev–Trinajstić information content (AvgIpc) is 3.70. The minimum absolute atomic E-state index is 0.106. The molecule has 1 spiro atoms. The largest absolute Gasteiger partial charge is 0.460 e. The van der Waals surface area contributed by atoms with Gasteiger partial charge in [-0.3, -0.25) is 19.2 Å². The van der Waals surface area contributed by atoms with Gasteiger partial charge in [0, 0.05) is 23.7 Å². The molecule has 2 N–H and O–H groups in total. The molecule has 3 saturated heterocycles. The van der Waals surface area contributed by atoms with E-state index in [0.29, 0.717) is 35.5 Å². The highest BCUT2D eigenvalue weighted by Gasteiger charge is 2.75. The van der Waals surface area contributed by atoms with Gasteiger partial charge < -0.3 is 29.7 Å². The Labute approximate surface area is 274 Å². The van der Waals surface area contributed by atoms with Gasteiger partial charge in [0.1, 0.15) is 17.7 Å². The molecule has 5 rings (SSSR count). The number of carbonyl (C=O) groups is 4. The number of benzene rings is 2. The Morgan fingerprint density at radius 3 is 2.54 bits per heavy atom. The lowest BCUT2D eigenvalue weighted by Gasteiger charge is -2.39. The van der Waals surface area contributed by atoms with Gasteiger partial charge in [-0.2, -0.15) is 0 Å². The van der Waals surface area contributed by atoms with Crippen molar-refractivity contribution < 1.29 is 33.8 Å². The monoisotopic (exact) mass is 649 g/mol. The number of carbonyl (C=O) groups excluding carboxylic acids is 4. The topological polar surface area (TPSA) is 125 Å². The second kappa shape index (κ2) is 14.2. The van der Waals surface area contributed by atoms with Gasteiger partial charge in [-0.25, -0.2) is 0 Å². The Balaban J connectivity index is 1.49. The summed E-state index contributed by atoms with van der Waals surface area (Å²) in [6.45, 7) is 8.91. The molecule has 0 aliphatic carbocycles. The molecule has 3 aliphatic heterocycles. The average molecular weight is 650 g/mol. The van der Waals surface area contributed by atoms with Crippen LogP contribution in [0.2, 0.25) is 5.02 Å². The first-order valence-corrected chi connectivity index (χ1v) is 16.0. The number of rotatable bonds is 14. The van der Waals surface area contributed by atoms with E-state index in [1.54, 1.807) is 67.6 Å². The van der Waals surface area contributed by atoms with Crippen LogP contribution in [-0.2, 0) is 28.7 Å². The summed E-state index contributed by atoms with van der Waals surface area (Å²) in [7, 11) is 0. The van der Waals surface area contributed by atoms with Crippen molar-refractivity contribution in [2.45, 2.75) is 62.5 Å². The molecule has 11 heteroatoms. The molecule has 0 saturated carbocycles. The first-order chi connectivity index (χ1) is 22.2. The maximum Gasteiger partial charge on any atom is 0.312 e. The summed E-state index contributed by atoms with van der Waals surface area (Å²) >= 11 is 6.14. The zero-order valence-corrected chi connectivity index (χ0v) is 26.6. The normalized spacial score (nSPS) is 25.8. The number of nitrogens with one attached hydrogen (secondary N) is 1. The standard InChI is InChI=1S/C35H40ClN3O7/c1-4-6-12-28(41)37-20-22(3)45-34(44)29-27-17-18-35(46-27)30(29)32(42)39(26(21-40)23-10-8-7-9-11-23)31(35)33(43)38(19-5-2)25-15-13-24(36)14-16-25/h4-5,7-11,13-16,22,26-27,29-31,40H,1-2,6,12,17-21H2,3H3,(H,37,41)/t22-,26+,27+,29-,30-,31+,35-/m0/s1. The molecule has 3 aliphatic rings. The number of aliphatic hydroxyl groups is 1. The Morgan fingerprint density at radius 2 is 1.89 bits per heavy atom. The molecule has 2 aromatic carbocycles. The van der Waals surface area contributed by atoms with Crippen molar-refractivity contribution in [3.8, 4) is 0 Å². The number of hydrogen-bond acceptors (Lipinski definition) is 7. The van der Waals surface area contributed by atoms with E-state index in [1.807, 2.05) is 6.07 Å². The van der Waals surface area contributed by atoms with E-state index < -0.39 is 66.1 Å². The number of ether oxygens (including phenoxy) is 2. The van der Waals surface area contributed by atoms with E-state index in [9.17, 15) is 24.3 Å². The number of likely N-dealkylation sites (tertiary alicyclic amines) is 1. The lowest BCUT2D eigenvalue weighted by molar-refractivity contribution is -0.159. The fourth-order valence-electron chi connectivity index (χ4n) is 7.12. The molecule has 0 aromatic heterocycles. The van der Waals surface area contributed by atoms with Gasteiger partial charge in [0.15, 0.2) is 0 Å². The zero-order chi connectivity index (χ0) is 33.0. The number of aliphatic hydroxyl groups excluding tert-OH is 1. The van der Waals surface area contributed by atoms with Crippen LogP contribution >= 0.6 is 11.6 Å². The fraction of sp³-hybridized carbons (Fsp3) is 0.429. The molecule has 10 nitrogen and oxygen atoms in total. The summed E-state index contributed by atoms with van der Waals surface area (Å²) in [6.07, 6.45) is 3.58. The maximum atomic E-state index is 14.8. The molecule has 2 bridgehead atoms. The summed E-state index contributed by atoms with van der Waals surface area (Å²) in [5, 5.41) is 14.0. The van der Waals surface area contributed by atoms with E-state index in [4.69, 9.17) is 21.1 Å². The molecule has 3 heterocycles. The summed E-state index contributed by atoms with van der Waals surface area (Å²) in [4.78, 5) is 58.1. The quantitative estimate of drug-likeness (QED) is 0.234. The van der Waals surface area contributed by atoms with Crippen LogP contribution in [0.1, 0.15) is 44.2 Å². The third-order valence-electron chi connectivity index (χ3n) is 9.13. The molecule has 7 atom stereocenters. The van der Waals surface area contributed by atoms with Crippen LogP contribution in [-0.4, -0.2) is 77.2 Å². The molecule has 3 fully saturated rings. The first kappa shape index (κ1) is 33.4. The number of esters is 1. The van der Waals surface area contributed by atoms with Gasteiger partial charge >= 0.3 is 5.97 Å². The van der Waals surface area contributed by atoms with Crippen molar-refractivity contribution in [3.63, 3.8) is 0 Å². The Bertz CT molecular complexity index is 1470. The van der Waals surface area contributed by atoms with E-state index in [2.05, 4.69) is 18.5 Å². The third-order valence-corrected chi connectivity index (χ3v) is 9.38. The Morgan fingerprint density at radius 1 is 1.17 bits per heavy atom. The number of allylic oxidation sites excluding steroid dienone is 1. The van der Waals surface area contributed by atoms with E-state index in [-0.39, 0.29) is 25.4 Å². The number of amides is 3. The SMILES string of the molecule is C=CCCC(=O)NC[C@H](C)OC(=O)[C@@H]1[C@H]2C(=O)N([C@H](CO)c3ccccc3)[C@H](C(=O)N(CC=C)c3ccc(Cl)cc3)[C@]23CC[C@H]1O3. The third kappa shape index (κ3) is 6.21. The van der Waals surface area contributed by atoms with Gasteiger partial charge in [0.25, 0.3) is 5.91 Å². The van der Waals surface area contributed by atoms with E-state index in [0.717, 1.165) is 0 Å². The Hall–Kier alpha value is -3.99. The van der Waals surface area contributed by atoms with Crippen molar-refractivity contribution in [1.29, 1.82) is 0 Å². The van der Waals surface area contributed by atoms with Crippen LogP contribution in [0, 0.1) is 11.8 Å². The van der Waals surface area contributed by atoms with E-state index >= 15 is 0 Å². The highest BCUT2D eigenvalue weighted by atomic mass is 35.5. The summed E-state index contributed by atoms with van der Waals surface area (Å²) in [5.41, 5.74) is -0.128. The lowest BCUT2D eigenvalue weighted by Crippen LogP contribution is -2.57. The van der Waals surface area contributed by atoms with Crippen molar-refractivity contribution in [1.82, 2.24) is 10.2 Å². The van der Waals surface area contributed by atoms with Crippen LogP contribution in [0.15, 0.2) is 79.9 Å². The fourth-order valence-corrected chi connectivity index (χ4v) is 7.25. The summed E-state index contributed by atoms with van der Waals surface area (Å²) in [5.74, 6) is -3.64. The van der Waals surface area contributed by atoms with Crippen molar-refractivity contribution >= 4 is 41.0 Å². The number of hydrogen-bond donors (Lipinski definition) is 2. The van der Waals surface area contributed by atoms with Crippen LogP contribution in [0.25, 0.3) is 0 Å². The molecule has 2 aromatic rings. The molecular formula is C35H40ClN3O7. The number of anilines is 1. The minimum atomic E-state index is -1.32. The van der Waals surface area contributed by atoms with Crippen LogP contribution in [0.4, 0.5) is 5.69 Å². The lowest BCUT2D eigenvalue weighted by atomic mass is 9.70. The van der Waals surface area contributed by atoms with Crippen LogP contribution in [0.5, 0.6) is 0 Å². The second-order valence-corrected chi connectivity index (χ2v) is 12.4. The second-order valence-electron chi connectivity index (χ2n) is 12.0. The summed E-state index contributed by atoms with van der Waals surface area (Å²) < 4.78 is 12.3. The highest BCUT2D eigenvalue weighted by molar-refractivity contribution is 6.30. The van der Waals surface area contributed by atoms with Gasteiger partial charge in [-0.05, 0) is 56.0 Å². The number of halogens is 1. The zero-order valence-electron chi connectivity index (χ0n) is 25.8. The highest BCUT2D eigenvalue weighted by Crippen LogP contribution is 2.60. The smallest absolute Gasteiger partial charge is 0.312 e. The molecule has 0 unspecified atom stereocenters. The van der Waals surface area contributed by atoms with Gasteiger partial charge in [0.2, 0.25) is 11.8 Å². The van der Waals surface area contributed by atoms with E-state index in [1.165, 1.54) is 9.80 Å². The van der Waals surface area contributed by atoms with Gasteiger partial charge in [-0.1, -0.05) is 54.1 Å². The van der Waals surface area contributed by atoms with Gasteiger partial charge in [0.05, 0.1) is 37.1 Å². The molecule has 0 radical (unpaired) electrons. The van der Waals surface area contributed by atoms with Crippen LogP contribution in [0.3, 0.4) is 0 Å². The van der Waals surface area contributed by atoms with Crippen molar-refractivity contribution in [2.75, 3.05) is 24.6 Å². The maximum absolute atomic E-state index is 14.8.